The monoisotopic (exact) mass is 336 g/mol. The van der Waals surface area contributed by atoms with Crippen molar-refractivity contribution in [2.45, 2.75) is 37.8 Å². The molecule has 0 spiro atoms. The minimum absolute atomic E-state index is 0.0809. The van der Waals surface area contributed by atoms with Crippen LogP contribution in [-0.2, 0) is 4.79 Å². The predicted octanol–water partition coefficient (Wildman–Crippen LogP) is 1.86. The number of likely N-dealkylation sites (tertiary alicyclic amines) is 1. The molecule has 5 nitrogen and oxygen atoms in total. The number of aliphatic hydroxyl groups excluding tert-OH is 1. The summed E-state index contributed by atoms with van der Waals surface area (Å²) in [6, 6.07) is 4.94. The number of benzene rings is 1. The molecule has 0 aromatic heterocycles. The molecule has 1 heterocycles. The molecule has 1 amide bonds. The highest BCUT2D eigenvalue weighted by Crippen LogP contribution is 2.25. The van der Waals surface area contributed by atoms with Gasteiger partial charge in [-0.15, -0.1) is 0 Å². The topological polar surface area (TPSA) is 61.8 Å². The molecule has 1 aliphatic heterocycles. The molecule has 2 N–H and O–H groups in total. The molecule has 1 aromatic rings. The molecule has 2 aliphatic rings. The Morgan fingerprint density at radius 2 is 2.08 bits per heavy atom. The highest BCUT2D eigenvalue weighted by Gasteiger charge is 2.30. The maximum absolute atomic E-state index is 13.7. The van der Waals surface area contributed by atoms with Gasteiger partial charge in [-0.05, 0) is 56.5 Å². The summed E-state index contributed by atoms with van der Waals surface area (Å²) in [4.78, 5) is 14.2. The Kier molecular flexibility index (Phi) is 5.36. The number of hydrogen-bond acceptors (Lipinski definition) is 4. The van der Waals surface area contributed by atoms with Gasteiger partial charge in [0.2, 0.25) is 5.91 Å². The van der Waals surface area contributed by atoms with Crippen molar-refractivity contribution >= 4 is 5.91 Å². The molecule has 0 bridgehead atoms. The average Bonchev–Trinajstić information content (AvgIpc) is 3.39. The maximum Gasteiger partial charge on any atom is 0.223 e. The van der Waals surface area contributed by atoms with Crippen LogP contribution in [0.5, 0.6) is 5.75 Å². The summed E-state index contributed by atoms with van der Waals surface area (Å²) >= 11 is 0. The van der Waals surface area contributed by atoms with E-state index in [0.29, 0.717) is 18.2 Å². The molecular weight excluding hydrogens is 311 g/mol. The van der Waals surface area contributed by atoms with Crippen molar-refractivity contribution in [3.05, 3.63) is 29.6 Å². The highest BCUT2D eigenvalue weighted by atomic mass is 19.1. The zero-order chi connectivity index (χ0) is 17.1. The third-order valence-electron chi connectivity index (χ3n) is 4.87. The van der Waals surface area contributed by atoms with Crippen molar-refractivity contribution < 1.29 is 19.0 Å². The van der Waals surface area contributed by atoms with Crippen LogP contribution in [0.25, 0.3) is 0 Å². The zero-order valence-electron chi connectivity index (χ0n) is 14.0. The molecule has 132 valence electrons. The summed E-state index contributed by atoms with van der Waals surface area (Å²) in [5.41, 5.74) is 0.543. The van der Waals surface area contributed by atoms with Crippen molar-refractivity contribution in [2.24, 2.45) is 5.92 Å². The summed E-state index contributed by atoms with van der Waals surface area (Å²) < 4.78 is 18.6. The first-order chi connectivity index (χ1) is 11.6. The number of methoxy groups -OCH3 is 1. The lowest BCUT2D eigenvalue weighted by Crippen LogP contribution is -2.42. The van der Waals surface area contributed by atoms with Crippen LogP contribution in [0, 0.1) is 11.7 Å². The first kappa shape index (κ1) is 17.2. The molecule has 1 saturated heterocycles. The highest BCUT2D eigenvalue weighted by molar-refractivity contribution is 5.79. The quantitative estimate of drug-likeness (QED) is 0.832. The fraction of sp³-hybridized carbons (Fsp3) is 0.611. The SMILES string of the molecule is COc1ccc([C@@H](O)CN2CCC(C(=O)NC3CC3)CC2)cc1F. The summed E-state index contributed by atoms with van der Waals surface area (Å²) in [5.74, 6) is -0.0368. The van der Waals surface area contributed by atoms with E-state index in [4.69, 9.17) is 4.74 Å². The van der Waals surface area contributed by atoms with Crippen molar-refractivity contribution in [3.8, 4) is 5.75 Å². The number of amides is 1. The number of carbonyl (C=O) groups is 1. The number of nitrogens with one attached hydrogen (secondary N) is 1. The Morgan fingerprint density at radius 3 is 2.67 bits per heavy atom. The summed E-state index contributed by atoms with van der Waals surface area (Å²) in [5, 5.41) is 13.4. The third kappa shape index (κ3) is 4.24. The lowest BCUT2D eigenvalue weighted by atomic mass is 9.95. The Labute approximate surface area is 141 Å². The Hall–Kier alpha value is -1.66. The molecule has 1 saturated carbocycles. The van der Waals surface area contributed by atoms with Crippen LogP contribution in [0.4, 0.5) is 4.39 Å². The van der Waals surface area contributed by atoms with E-state index in [2.05, 4.69) is 10.2 Å². The summed E-state index contributed by atoms with van der Waals surface area (Å²) in [6.45, 7) is 2.00. The van der Waals surface area contributed by atoms with E-state index in [0.717, 1.165) is 38.8 Å². The van der Waals surface area contributed by atoms with Gasteiger partial charge in [0.1, 0.15) is 0 Å². The number of nitrogens with zero attached hydrogens (tertiary/aromatic N) is 1. The predicted molar refractivity (Wildman–Crippen MR) is 88.2 cm³/mol. The minimum Gasteiger partial charge on any atom is -0.494 e. The van der Waals surface area contributed by atoms with Crippen LogP contribution in [-0.4, -0.2) is 48.7 Å². The molecule has 6 heteroatoms. The maximum atomic E-state index is 13.7. The van der Waals surface area contributed by atoms with Crippen LogP contribution in [0.2, 0.25) is 0 Å². The van der Waals surface area contributed by atoms with Crippen LogP contribution < -0.4 is 10.1 Å². The second kappa shape index (κ2) is 7.49. The van der Waals surface area contributed by atoms with E-state index in [-0.39, 0.29) is 17.6 Å². The first-order valence-corrected chi connectivity index (χ1v) is 8.61. The van der Waals surface area contributed by atoms with Gasteiger partial charge >= 0.3 is 0 Å². The molecule has 0 radical (unpaired) electrons. The Balaban J connectivity index is 1.48. The van der Waals surface area contributed by atoms with Gasteiger partial charge in [0.05, 0.1) is 13.2 Å². The summed E-state index contributed by atoms with van der Waals surface area (Å²) in [6.07, 6.45) is 3.08. The average molecular weight is 336 g/mol. The van der Waals surface area contributed by atoms with Gasteiger partial charge in [-0.25, -0.2) is 4.39 Å². The molecule has 3 rings (SSSR count). The Bertz CT molecular complexity index is 584. The third-order valence-corrected chi connectivity index (χ3v) is 4.87. The fourth-order valence-electron chi connectivity index (χ4n) is 3.16. The molecule has 1 aliphatic carbocycles. The number of piperidine rings is 1. The summed E-state index contributed by atoms with van der Waals surface area (Å²) in [7, 11) is 1.41. The number of carbonyl (C=O) groups excluding carboxylic acids is 1. The number of β-amino-alcohol motifs (C(OH)–C–C–N with tert-alkyl or cyclic N) is 1. The molecular formula is C18H25FN2O3. The minimum atomic E-state index is -0.748. The van der Waals surface area contributed by atoms with Gasteiger partial charge in [0.15, 0.2) is 11.6 Å². The van der Waals surface area contributed by atoms with Crippen LogP contribution >= 0.6 is 0 Å². The van der Waals surface area contributed by atoms with Crippen molar-refractivity contribution in [1.29, 1.82) is 0 Å². The molecule has 1 atom stereocenters. The van der Waals surface area contributed by atoms with Gasteiger partial charge in [0.25, 0.3) is 0 Å². The zero-order valence-corrected chi connectivity index (χ0v) is 14.0. The molecule has 24 heavy (non-hydrogen) atoms. The second-order valence-corrected chi connectivity index (χ2v) is 6.77. The standard InChI is InChI=1S/C18H25FN2O3/c1-24-17-5-2-13(10-15(17)19)16(22)11-21-8-6-12(7-9-21)18(23)20-14-3-4-14/h2,5,10,12,14,16,22H,3-4,6-9,11H2,1H3,(H,20,23)/t16-/m0/s1. The number of halogens is 1. The van der Waals surface area contributed by atoms with Crippen molar-refractivity contribution in [2.75, 3.05) is 26.7 Å². The van der Waals surface area contributed by atoms with Gasteiger partial charge in [-0.2, -0.15) is 0 Å². The normalized spacial score (nSPS) is 20.6. The van der Waals surface area contributed by atoms with Gasteiger partial charge in [-0.3, -0.25) is 4.79 Å². The van der Waals surface area contributed by atoms with Gasteiger partial charge in [-0.1, -0.05) is 6.07 Å². The van der Waals surface area contributed by atoms with E-state index in [1.54, 1.807) is 6.07 Å². The lowest BCUT2D eigenvalue weighted by Gasteiger charge is -2.32. The van der Waals surface area contributed by atoms with Crippen LogP contribution in [0.1, 0.15) is 37.4 Å². The number of hydrogen-bond donors (Lipinski definition) is 2. The largest absolute Gasteiger partial charge is 0.494 e. The number of rotatable bonds is 6. The van der Waals surface area contributed by atoms with E-state index < -0.39 is 11.9 Å². The second-order valence-electron chi connectivity index (χ2n) is 6.77. The van der Waals surface area contributed by atoms with Crippen molar-refractivity contribution in [1.82, 2.24) is 10.2 Å². The van der Waals surface area contributed by atoms with Crippen molar-refractivity contribution in [3.63, 3.8) is 0 Å². The Morgan fingerprint density at radius 1 is 1.38 bits per heavy atom. The lowest BCUT2D eigenvalue weighted by molar-refractivity contribution is -0.126. The van der Waals surface area contributed by atoms with Gasteiger partial charge in [0, 0.05) is 18.5 Å². The van der Waals surface area contributed by atoms with Crippen LogP contribution in [0.3, 0.4) is 0 Å². The molecule has 2 fully saturated rings. The van der Waals surface area contributed by atoms with E-state index >= 15 is 0 Å². The van der Waals surface area contributed by atoms with Crippen LogP contribution in [0.15, 0.2) is 18.2 Å². The van der Waals surface area contributed by atoms with Gasteiger partial charge < -0.3 is 20.1 Å². The number of ether oxygens (including phenoxy) is 1. The van der Waals surface area contributed by atoms with E-state index in [1.165, 1.54) is 19.2 Å². The van der Waals surface area contributed by atoms with E-state index in [9.17, 15) is 14.3 Å². The molecule has 1 aromatic carbocycles. The molecule has 0 unspecified atom stereocenters. The first-order valence-electron chi connectivity index (χ1n) is 8.61. The number of aliphatic hydroxyl groups is 1. The van der Waals surface area contributed by atoms with E-state index in [1.807, 2.05) is 0 Å². The smallest absolute Gasteiger partial charge is 0.223 e. The fourth-order valence-corrected chi connectivity index (χ4v) is 3.16.